The molecular formula is C26H36N5O9PS. The third-order valence-electron chi connectivity index (χ3n) is 6.86. The molecule has 0 spiro atoms. The van der Waals surface area contributed by atoms with Crippen LogP contribution in [0.1, 0.15) is 32.6 Å². The molecule has 1 fully saturated rings. The molecule has 2 unspecified atom stereocenters. The number of aromatic nitrogens is 3. The highest BCUT2D eigenvalue weighted by Gasteiger charge is 2.54. The van der Waals surface area contributed by atoms with Crippen LogP contribution in [-0.4, -0.2) is 78.4 Å². The van der Waals surface area contributed by atoms with Crippen LogP contribution in [0.15, 0.2) is 47.4 Å². The number of H-pyrrole nitrogens is 1. The number of nitrogens with two attached hydrogens (primary N) is 1. The van der Waals surface area contributed by atoms with Crippen molar-refractivity contribution in [2.24, 2.45) is 5.41 Å². The molecule has 0 saturated carbocycles. The lowest BCUT2D eigenvalue weighted by Gasteiger charge is -2.27. The predicted octanol–water partition coefficient (Wildman–Crippen LogP) is 1.53. The van der Waals surface area contributed by atoms with Crippen molar-refractivity contribution in [1.82, 2.24) is 19.6 Å². The number of rotatable bonds is 13. The zero-order valence-electron chi connectivity index (χ0n) is 23.4. The second kappa shape index (κ2) is 13.0. The Morgan fingerprint density at radius 3 is 2.71 bits per heavy atom. The molecule has 0 bridgehead atoms. The van der Waals surface area contributed by atoms with Crippen LogP contribution in [0.3, 0.4) is 0 Å². The zero-order valence-corrected chi connectivity index (χ0v) is 25.1. The minimum atomic E-state index is -4.02. The van der Waals surface area contributed by atoms with E-state index in [1.54, 1.807) is 13.8 Å². The normalized spacial score (nSPS) is 24.2. The van der Waals surface area contributed by atoms with Crippen molar-refractivity contribution in [2.45, 2.75) is 51.4 Å². The molecule has 1 saturated heterocycles. The smallest absolute Gasteiger partial charge is 0.395 e. The molecule has 0 radical (unpaired) electrons. The Kier molecular flexibility index (Phi) is 9.97. The van der Waals surface area contributed by atoms with Crippen molar-refractivity contribution in [3.63, 3.8) is 0 Å². The maximum atomic E-state index is 13.7. The summed E-state index contributed by atoms with van der Waals surface area (Å²) in [7, 11) is -4.02. The van der Waals surface area contributed by atoms with Gasteiger partial charge in [0, 0.05) is 18.5 Å². The van der Waals surface area contributed by atoms with Crippen LogP contribution in [0.5, 0.6) is 0 Å². The van der Waals surface area contributed by atoms with E-state index >= 15 is 0 Å². The summed E-state index contributed by atoms with van der Waals surface area (Å²) < 4.78 is 32.3. The quantitative estimate of drug-likeness (QED) is 0.118. The Hall–Kier alpha value is -2.59. The maximum Gasteiger partial charge on any atom is 0.405 e. The van der Waals surface area contributed by atoms with Gasteiger partial charge in [0.05, 0.1) is 30.6 Å². The number of carbonyl (C=O) groups is 1. The first kappa shape index (κ1) is 32.3. The molecule has 230 valence electrons. The minimum Gasteiger partial charge on any atom is -0.395 e. The standard InChI is InChI=1S/C26H36N5O9PS/c1-25(2,15-32)23(35)42-12-11-38-41(37,28-13-16-7-5-4-6-8-16)39-14-18-19(33)26(3,36)22(40-18)31-10-9-17-20(31)29-24(27)30-21(17)34/h4-10,18-19,22,32-33,36H,11-15H2,1-3H3,(H,28,37)(H3,27,29,30,34)/t18-,19+,22-,26?,41?/m1/s1. The van der Waals surface area contributed by atoms with Crippen LogP contribution < -0.4 is 16.4 Å². The molecule has 7 N–H and O–H groups in total. The van der Waals surface area contributed by atoms with Gasteiger partial charge in [-0.05, 0) is 32.4 Å². The fraction of sp³-hybridized carbons (Fsp3) is 0.500. The van der Waals surface area contributed by atoms with Gasteiger partial charge in [-0.1, -0.05) is 42.1 Å². The van der Waals surface area contributed by atoms with Crippen LogP contribution in [0.2, 0.25) is 0 Å². The molecule has 42 heavy (non-hydrogen) atoms. The molecule has 14 nitrogen and oxygen atoms in total. The number of aliphatic hydroxyl groups excluding tert-OH is 2. The number of aliphatic hydroxyl groups is 3. The van der Waals surface area contributed by atoms with Gasteiger partial charge < -0.3 is 30.4 Å². The molecular weight excluding hydrogens is 589 g/mol. The molecule has 0 aliphatic carbocycles. The van der Waals surface area contributed by atoms with Gasteiger partial charge in [0.2, 0.25) is 5.95 Å². The van der Waals surface area contributed by atoms with Crippen LogP contribution >= 0.6 is 19.5 Å². The number of carbonyl (C=O) groups excluding carboxylic acids is 1. The van der Waals surface area contributed by atoms with E-state index in [1.807, 2.05) is 30.3 Å². The largest absolute Gasteiger partial charge is 0.405 e. The molecule has 1 aliphatic heterocycles. The Labute approximate surface area is 246 Å². The number of fused-ring (bicyclic) bond motifs is 1. The lowest BCUT2D eigenvalue weighted by atomic mass is 9.96. The van der Waals surface area contributed by atoms with Crippen molar-refractivity contribution in [1.29, 1.82) is 0 Å². The molecule has 1 aliphatic rings. The third-order valence-corrected chi connectivity index (χ3v) is 9.60. The summed E-state index contributed by atoms with van der Waals surface area (Å²) >= 11 is 0.940. The summed E-state index contributed by atoms with van der Waals surface area (Å²) in [4.78, 5) is 31.1. The molecule has 1 aromatic carbocycles. The average Bonchev–Trinajstić information content (AvgIpc) is 3.47. The first-order chi connectivity index (χ1) is 19.8. The van der Waals surface area contributed by atoms with Crippen molar-refractivity contribution in [2.75, 3.05) is 31.3 Å². The lowest BCUT2D eigenvalue weighted by Crippen LogP contribution is -2.44. The Morgan fingerprint density at radius 2 is 2.02 bits per heavy atom. The van der Waals surface area contributed by atoms with Gasteiger partial charge in [-0.25, -0.2) is 9.65 Å². The summed E-state index contributed by atoms with van der Waals surface area (Å²) in [6.07, 6.45) is -2.36. The summed E-state index contributed by atoms with van der Waals surface area (Å²) in [6.45, 7) is 3.85. The van der Waals surface area contributed by atoms with Crippen molar-refractivity contribution in [3.8, 4) is 0 Å². The monoisotopic (exact) mass is 625 g/mol. The Morgan fingerprint density at radius 1 is 1.31 bits per heavy atom. The number of thioether (sulfide) groups is 1. The average molecular weight is 626 g/mol. The second-order valence-electron chi connectivity index (χ2n) is 10.7. The molecule has 3 aromatic rings. The summed E-state index contributed by atoms with van der Waals surface area (Å²) in [5.41, 5.74) is 3.38. The van der Waals surface area contributed by atoms with Gasteiger partial charge in [0.25, 0.3) is 5.56 Å². The highest BCUT2D eigenvalue weighted by atomic mass is 32.2. The molecule has 2 aromatic heterocycles. The van der Waals surface area contributed by atoms with E-state index in [0.717, 1.165) is 17.3 Å². The highest BCUT2D eigenvalue weighted by molar-refractivity contribution is 8.13. The first-order valence-corrected chi connectivity index (χ1v) is 15.7. The number of nitrogen functional groups attached to an aromatic ring is 1. The minimum absolute atomic E-state index is 0.123. The van der Waals surface area contributed by atoms with E-state index in [4.69, 9.17) is 19.5 Å². The van der Waals surface area contributed by atoms with Crippen molar-refractivity contribution < 1.29 is 38.5 Å². The van der Waals surface area contributed by atoms with Gasteiger partial charge in [0.1, 0.15) is 17.8 Å². The number of anilines is 1. The highest BCUT2D eigenvalue weighted by Crippen LogP contribution is 2.47. The van der Waals surface area contributed by atoms with Gasteiger partial charge in [0.15, 0.2) is 17.0 Å². The van der Waals surface area contributed by atoms with Gasteiger partial charge in [-0.2, -0.15) is 4.98 Å². The molecule has 5 atom stereocenters. The van der Waals surface area contributed by atoms with Crippen LogP contribution in [0.4, 0.5) is 5.95 Å². The summed E-state index contributed by atoms with van der Waals surface area (Å²) in [5, 5.41) is 34.3. The van der Waals surface area contributed by atoms with E-state index in [1.165, 1.54) is 23.8 Å². The molecule has 0 amide bonds. The SMILES string of the molecule is CC(C)(CO)C(=O)SCCOP(=O)(NCc1ccccc1)OC[C@H]1O[C@@H](n2ccc3c(=O)[nH]c(N)nc32)C(C)(O)[C@H]1O. The fourth-order valence-corrected chi connectivity index (χ4v) is 6.50. The number of hydrogen-bond acceptors (Lipinski definition) is 12. The fourth-order valence-electron chi connectivity index (χ4n) is 4.26. The van der Waals surface area contributed by atoms with Gasteiger partial charge >= 0.3 is 7.75 Å². The third kappa shape index (κ3) is 7.13. The predicted molar refractivity (Wildman–Crippen MR) is 156 cm³/mol. The van der Waals surface area contributed by atoms with Gasteiger partial charge in [-0.15, -0.1) is 0 Å². The lowest BCUT2D eigenvalue weighted by molar-refractivity contribution is -0.119. The zero-order chi connectivity index (χ0) is 30.7. The van der Waals surface area contributed by atoms with E-state index in [9.17, 15) is 29.5 Å². The van der Waals surface area contributed by atoms with Crippen LogP contribution in [0, 0.1) is 5.41 Å². The van der Waals surface area contributed by atoms with E-state index < -0.39 is 49.4 Å². The van der Waals surface area contributed by atoms with Gasteiger partial charge in [-0.3, -0.25) is 23.6 Å². The number of ether oxygens (including phenoxy) is 1. The Bertz CT molecular complexity index is 1500. The van der Waals surface area contributed by atoms with E-state index in [-0.39, 0.29) is 47.6 Å². The molecule has 16 heteroatoms. The summed E-state index contributed by atoms with van der Waals surface area (Å²) in [6, 6.07) is 10.6. The van der Waals surface area contributed by atoms with E-state index in [2.05, 4.69) is 15.1 Å². The second-order valence-corrected chi connectivity index (χ2v) is 13.6. The van der Waals surface area contributed by atoms with Crippen LogP contribution in [-0.2, 0) is 29.7 Å². The number of hydrogen-bond donors (Lipinski definition) is 6. The number of benzene rings is 1. The van der Waals surface area contributed by atoms with Crippen LogP contribution in [0.25, 0.3) is 11.0 Å². The number of nitrogens with one attached hydrogen (secondary N) is 2. The number of nitrogens with zero attached hydrogens (tertiary/aromatic N) is 2. The van der Waals surface area contributed by atoms with Crippen molar-refractivity contribution in [3.05, 3.63) is 58.5 Å². The van der Waals surface area contributed by atoms with Crippen molar-refractivity contribution >= 4 is 41.6 Å². The number of aromatic amines is 1. The summed E-state index contributed by atoms with van der Waals surface area (Å²) in [5.74, 6) is 0.0191. The first-order valence-electron chi connectivity index (χ1n) is 13.2. The Balaban J connectivity index is 1.46. The van der Waals surface area contributed by atoms with E-state index in [0.29, 0.717) is 0 Å². The molecule has 4 rings (SSSR count). The molecule has 3 heterocycles. The maximum absolute atomic E-state index is 13.7. The topological polar surface area (TPSA) is 211 Å².